The molecule has 0 radical (unpaired) electrons. The van der Waals surface area contributed by atoms with Crippen LogP contribution in [0.5, 0.6) is 0 Å². The number of sulfone groups is 2. The normalized spacial score (nSPS) is 15.0. The third-order valence-corrected chi connectivity index (χ3v) is 9.34. The van der Waals surface area contributed by atoms with E-state index in [9.17, 15) is 21.6 Å². The summed E-state index contributed by atoms with van der Waals surface area (Å²) in [5, 5.41) is 3.96. The van der Waals surface area contributed by atoms with Crippen LogP contribution in [0, 0.1) is 0 Å². The summed E-state index contributed by atoms with van der Waals surface area (Å²) in [5.74, 6) is -0.378. The fraction of sp³-hybridized carbons (Fsp3) is 0.250. The molecule has 1 fully saturated rings. The van der Waals surface area contributed by atoms with E-state index in [2.05, 4.69) is 10.3 Å². The Morgan fingerprint density at radius 1 is 0.976 bits per heavy atom. The molecule has 5 rings (SSSR count). The van der Waals surface area contributed by atoms with Crippen molar-refractivity contribution in [2.24, 2.45) is 0 Å². The van der Waals surface area contributed by atoms with E-state index >= 15 is 0 Å². The molecule has 4 aromatic rings. The number of nitrogens with one attached hydrogen (secondary N) is 1. The average molecular weight is 589 g/mol. The van der Waals surface area contributed by atoms with Gasteiger partial charge in [0.25, 0.3) is 5.91 Å². The van der Waals surface area contributed by atoms with E-state index < -0.39 is 19.7 Å². The Morgan fingerprint density at radius 3 is 2.37 bits per heavy atom. The highest BCUT2D eigenvalue weighted by molar-refractivity contribution is 7.91. The van der Waals surface area contributed by atoms with Gasteiger partial charge in [-0.15, -0.1) is 0 Å². The zero-order valence-corrected chi connectivity index (χ0v) is 24.8. The molecule has 1 amide bonds. The molecule has 0 bridgehead atoms. The van der Waals surface area contributed by atoms with E-state index in [0.717, 1.165) is 52.3 Å². The van der Waals surface area contributed by atoms with Crippen LogP contribution in [-0.4, -0.2) is 52.0 Å². The minimum absolute atomic E-state index is 0.0403. The molecule has 1 aliphatic rings. The molecule has 1 aliphatic carbocycles. The maximum atomic E-state index is 13.3. The van der Waals surface area contributed by atoms with Crippen molar-refractivity contribution in [2.45, 2.75) is 36.6 Å². The molecule has 9 heteroatoms. The molecule has 3 aromatic carbocycles. The first-order chi connectivity index (χ1) is 19.4. The Balaban J connectivity index is 1.59. The highest BCUT2D eigenvalue weighted by Gasteiger charge is 2.25. The molecule has 7 nitrogen and oxygen atoms in total. The second-order valence-electron chi connectivity index (χ2n) is 10.9. The van der Waals surface area contributed by atoms with Crippen LogP contribution in [0.25, 0.3) is 33.7 Å². The Bertz CT molecular complexity index is 1880. The number of hydrogen-bond donors (Lipinski definition) is 1. The van der Waals surface area contributed by atoms with Gasteiger partial charge in [0.1, 0.15) is 9.84 Å². The van der Waals surface area contributed by atoms with Gasteiger partial charge >= 0.3 is 0 Å². The van der Waals surface area contributed by atoms with Crippen LogP contribution in [0.3, 0.4) is 0 Å². The first-order valence-electron chi connectivity index (χ1n) is 13.4. The fourth-order valence-corrected chi connectivity index (χ4v) is 6.62. The van der Waals surface area contributed by atoms with Gasteiger partial charge in [0.15, 0.2) is 9.84 Å². The van der Waals surface area contributed by atoms with Crippen LogP contribution in [0.2, 0.25) is 0 Å². The summed E-state index contributed by atoms with van der Waals surface area (Å²) in [6.45, 7) is 1.90. The lowest BCUT2D eigenvalue weighted by molar-refractivity contribution is -0.115. The summed E-state index contributed by atoms with van der Waals surface area (Å²) in [6.07, 6.45) is 7.82. The molecule has 1 saturated carbocycles. The van der Waals surface area contributed by atoms with E-state index in [1.807, 2.05) is 61.5 Å². The number of amides is 1. The zero-order chi connectivity index (χ0) is 29.4. The van der Waals surface area contributed by atoms with E-state index in [-0.39, 0.29) is 28.5 Å². The van der Waals surface area contributed by atoms with Crippen LogP contribution in [0.15, 0.2) is 83.9 Å². The molecule has 1 N–H and O–H groups in total. The number of benzene rings is 3. The third-order valence-electron chi connectivity index (χ3n) is 7.11. The molecule has 1 heterocycles. The molecular formula is C32H32N2O5S2. The zero-order valence-electron chi connectivity index (χ0n) is 23.2. The van der Waals surface area contributed by atoms with Gasteiger partial charge in [-0.3, -0.25) is 9.78 Å². The standard InChI is InChI=1S/C32H32N2O5S2/c1-21(20-40(2,36)37)26-18-25-8-5-15-33-31(25)29(19-26)24-7-4-6-22(16-24)17-30(32(35)34-27-11-12-27)23-9-13-28(14-10-23)41(3,38)39/h4-10,13-19,21,27H,11-12,20H2,1-3H3,(H,34,35)/b30-17+. The number of aromatic nitrogens is 1. The van der Waals surface area contributed by atoms with Gasteiger partial charge in [-0.05, 0) is 83.5 Å². The summed E-state index contributed by atoms with van der Waals surface area (Å²) in [7, 11) is -6.53. The predicted molar refractivity (Wildman–Crippen MR) is 164 cm³/mol. The van der Waals surface area contributed by atoms with Crippen molar-refractivity contribution in [3.63, 3.8) is 0 Å². The van der Waals surface area contributed by atoms with Crippen molar-refractivity contribution in [1.82, 2.24) is 10.3 Å². The SMILES string of the molecule is CC(CS(C)(=O)=O)c1cc(-c2cccc(/C=C(/C(=O)NC3CC3)c3ccc(S(C)(=O)=O)cc3)c2)c2ncccc2c1. The number of hydrogen-bond acceptors (Lipinski definition) is 6. The number of rotatable bonds is 9. The molecule has 1 atom stereocenters. The molecule has 1 aromatic heterocycles. The second kappa shape index (κ2) is 11.2. The fourth-order valence-electron chi connectivity index (χ4n) is 4.89. The number of nitrogens with zero attached hydrogens (tertiary/aromatic N) is 1. The maximum absolute atomic E-state index is 13.3. The molecule has 41 heavy (non-hydrogen) atoms. The Hall–Kier alpha value is -3.82. The van der Waals surface area contributed by atoms with E-state index in [1.54, 1.807) is 18.3 Å². The summed E-state index contributed by atoms with van der Waals surface area (Å²) in [4.78, 5) is 18.1. The molecular weight excluding hydrogens is 556 g/mol. The summed E-state index contributed by atoms with van der Waals surface area (Å²) < 4.78 is 47.9. The third kappa shape index (κ3) is 7.10. The average Bonchev–Trinajstić information content (AvgIpc) is 3.74. The van der Waals surface area contributed by atoms with Crippen LogP contribution in [0.4, 0.5) is 0 Å². The van der Waals surface area contributed by atoms with Gasteiger partial charge in [-0.2, -0.15) is 0 Å². The summed E-state index contributed by atoms with van der Waals surface area (Å²) in [6, 6.07) is 22.1. The van der Waals surface area contributed by atoms with Crippen molar-refractivity contribution in [3.8, 4) is 11.1 Å². The van der Waals surface area contributed by atoms with Crippen LogP contribution < -0.4 is 5.32 Å². The first kappa shape index (κ1) is 28.7. The highest BCUT2D eigenvalue weighted by Crippen LogP contribution is 2.33. The van der Waals surface area contributed by atoms with Gasteiger partial charge in [0.05, 0.1) is 16.2 Å². The lowest BCUT2D eigenvalue weighted by Gasteiger charge is -2.15. The van der Waals surface area contributed by atoms with Gasteiger partial charge < -0.3 is 5.32 Å². The van der Waals surface area contributed by atoms with Crippen LogP contribution in [0.1, 0.15) is 42.4 Å². The number of pyridine rings is 1. The quantitative estimate of drug-likeness (QED) is 0.211. The van der Waals surface area contributed by atoms with E-state index in [0.29, 0.717) is 11.1 Å². The van der Waals surface area contributed by atoms with Crippen LogP contribution in [-0.2, 0) is 24.5 Å². The summed E-state index contributed by atoms with van der Waals surface area (Å²) in [5.41, 5.74) is 5.29. The van der Waals surface area contributed by atoms with E-state index in [1.165, 1.54) is 18.4 Å². The lowest BCUT2D eigenvalue weighted by atomic mass is 9.93. The predicted octanol–water partition coefficient (Wildman–Crippen LogP) is 5.27. The van der Waals surface area contributed by atoms with Crippen molar-refractivity contribution >= 4 is 48.1 Å². The van der Waals surface area contributed by atoms with Crippen molar-refractivity contribution in [2.75, 3.05) is 18.3 Å². The molecule has 0 aliphatic heterocycles. The first-order valence-corrected chi connectivity index (χ1v) is 17.3. The smallest absolute Gasteiger partial charge is 0.252 e. The van der Waals surface area contributed by atoms with Crippen molar-refractivity contribution < 1.29 is 21.6 Å². The second-order valence-corrected chi connectivity index (χ2v) is 15.1. The Morgan fingerprint density at radius 2 is 1.71 bits per heavy atom. The monoisotopic (exact) mass is 588 g/mol. The highest BCUT2D eigenvalue weighted by atomic mass is 32.2. The lowest BCUT2D eigenvalue weighted by Crippen LogP contribution is -2.26. The number of carbonyl (C=O) groups excluding carboxylic acids is 1. The summed E-state index contributed by atoms with van der Waals surface area (Å²) >= 11 is 0. The number of carbonyl (C=O) groups is 1. The van der Waals surface area contributed by atoms with E-state index in [4.69, 9.17) is 0 Å². The van der Waals surface area contributed by atoms with Crippen molar-refractivity contribution in [1.29, 1.82) is 0 Å². The Labute approximate surface area is 241 Å². The minimum Gasteiger partial charge on any atom is -0.349 e. The van der Waals surface area contributed by atoms with Gasteiger partial charge in [-0.25, -0.2) is 16.8 Å². The molecule has 212 valence electrons. The molecule has 0 spiro atoms. The molecule has 0 saturated heterocycles. The molecule has 1 unspecified atom stereocenters. The van der Waals surface area contributed by atoms with Crippen LogP contribution >= 0.6 is 0 Å². The maximum Gasteiger partial charge on any atom is 0.252 e. The van der Waals surface area contributed by atoms with Gasteiger partial charge in [-0.1, -0.05) is 43.3 Å². The van der Waals surface area contributed by atoms with Gasteiger partial charge in [0.2, 0.25) is 0 Å². The largest absolute Gasteiger partial charge is 0.349 e. The topological polar surface area (TPSA) is 110 Å². The van der Waals surface area contributed by atoms with Crippen molar-refractivity contribution in [3.05, 3.63) is 95.7 Å². The minimum atomic E-state index is -3.37. The Kier molecular flexibility index (Phi) is 7.85. The van der Waals surface area contributed by atoms with Gasteiger partial charge in [0, 0.05) is 41.3 Å². The number of fused-ring (bicyclic) bond motifs is 1.